The fourth-order valence-electron chi connectivity index (χ4n) is 3.10. The number of thiophene rings is 1. The Kier molecular flexibility index (Phi) is 3.52. The van der Waals surface area contributed by atoms with Crippen molar-refractivity contribution in [2.24, 2.45) is 0 Å². The summed E-state index contributed by atoms with van der Waals surface area (Å²) in [7, 11) is 0. The number of nitrogens with one attached hydrogen (secondary N) is 1. The Balaban J connectivity index is 1.58. The molecule has 0 amide bonds. The van der Waals surface area contributed by atoms with Crippen molar-refractivity contribution in [3.63, 3.8) is 0 Å². The lowest BCUT2D eigenvalue weighted by molar-refractivity contribution is 0.326. The van der Waals surface area contributed by atoms with Crippen molar-refractivity contribution in [1.29, 1.82) is 0 Å². The third-order valence-electron chi connectivity index (χ3n) is 4.39. The molecule has 1 saturated carbocycles. The van der Waals surface area contributed by atoms with Gasteiger partial charge in [-0.2, -0.15) is 0 Å². The van der Waals surface area contributed by atoms with Crippen LogP contribution in [-0.2, 0) is 6.42 Å². The Bertz CT molecular complexity index is 667. The van der Waals surface area contributed by atoms with Crippen LogP contribution in [0.2, 0.25) is 5.28 Å². The van der Waals surface area contributed by atoms with E-state index in [1.54, 1.807) is 11.3 Å². The Morgan fingerprint density at radius 3 is 3.00 bits per heavy atom. The summed E-state index contributed by atoms with van der Waals surface area (Å²) in [6, 6.07) is 3.52. The van der Waals surface area contributed by atoms with E-state index in [0.29, 0.717) is 11.3 Å². The number of nitrogens with zero attached hydrogens (tertiary/aromatic N) is 3. The molecule has 3 heterocycles. The molecule has 0 radical (unpaired) electrons. The average molecular weight is 323 g/mol. The maximum atomic E-state index is 6.08. The van der Waals surface area contributed by atoms with Gasteiger partial charge in [0.25, 0.3) is 0 Å². The predicted octanol–water partition coefficient (Wildman–Crippen LogP) is 3.56. The Morgan fingerprint density at radius 1 is 1.38 bits per heavy atom. The highest BCUT2D eigenvalue weighted by Crippen LogP contribution is 2.33. The average Bonchev–Trinajstić information content (AvgIpc) is 3.06. The first-order valence-corrected chi connectivity index (χ1v) is 8.89. The Labute approximate surface area is 133 Å². The molecule has 1 N–H and O–H groups in total. The van der Waals surface area contributed by atoms with Crippen molar-refractivity contribution in [2.45, 2.75) is 44.7 Å². The highest BCUT2D eigenvalue weighted by Gasteiger charge is 2.34. The van der Waals surface area contributed by atoms with Gasteiger partial charge in [-0.25, -0.2) is 9.97 Å². The van der Waals surface area contributed by atoms with Gasteiger partial charge in [-0.05, 0) is 43.4 Å². The smallest absolute Gasteiger partial charge is 0.225 e. The van der Waals surface area contributed by atoms with Crippen molar-refractivity contribution in [1.82, 2.24) is 14.9 Å². The zero-order chi connectivity index (χ0) is 14.4. The SMILES string of the molecule is CCc1cc2c(NC3CCN(C4CC4)C3)nc(Cl)nc2s1. The van der Waals surface area contributed by atoms with E-state index in [1.807, 2.05) is 0 Å². The van der Waals surface area contributed by atoms with Crippen LogP contribution in [0, 0.1) is 0 Å². The third kappa shape index (κ3) is 2.74. The van der Waals surface area contributed by atoms with Crippen LogP contribution < -0.4 is 5.32 Å². The molecule has 0 spiro atoms. The van der Waals surface area contributed by atoms with Gasteiger partial charge in [0.2, 0.25) is 5.28 Å². The van der Waals surface area contributed by atoms with Crippen LogP contribution in [-0.4, -0.2) is 40.0 Å². The number of aromatic nitrogens is 2. The van der Waals surface area contributed by atoms with Crippen LogP contribution in [0.4, 0.5) is 5.82 Å². The molecule has 2 fully saturated rings. The van der Waals surface area contributed by atoms with E-state index >= 15 is 0 Å². The van der Waals surface area contributed by atoms with Crippen LogP contribution in [0.5, 0.6) is 0 Å². The summed E-state index contributed by atoms with van der Waals surface area (Å²) < 4.78 is 0. The standard InChI is InChI=1S/C15H19ClN4S/c1-2-11-7-12-13(18-15(16)19-14(12)21-11)17-9-5-6-20(8-9)10-3-4-10/h7,9-10H,2-6,8H2,1H3,(H,17,18,19). The lowest BCUT2D eigenvalue weighted by atomic mass is 10.2. The minimum Gasteiger partial charge on any atom is -0.365 e. The van der Waals surface area contributed by atoms with Crippen molar-refractivity contribution in [3.05, 3.63) is 16.2 Å². The van der Waals surface area contributed by atoms with Gasteiger partial charge in [0.05, 0.1) is 5.39 Å². The summed E-state index contributed by atoms with van der Waals surface area (Å²) in [4.78, 5) is 13.7. The number of fused-ring (bicyclic) bond motifs is 1. The van der Waals surface area contributed by atoms with Gasteiger partial charge in [0, 0.05) is 30.1 Å². The molecule has 1 saturated heterocycles. The van der Waals surface area contributed by atoms with Crippen LogP contribution in [0.25, 0.3) is 10.2 Å². The van der Waals surface area contributed by atoms with Crippen LogP contribution >= 0.6 is 22.9 Å². The van der Waals surface area contributed by atoms with Crippen LogP contribution in [0.15, 0.2) is 6.07 Å². The van der Waals surface area contributed by atoms with E-state index in [4.69, 9.17) is 11.6 Å². The molecule has 21 heavy (non-hydrogen) atoms. The van der Waals surface area contributed by atoms with Gasteiger partial charge < -0.3 is 5.32 Å². The zero-order valence-electron chi connectivity index (χ0n) is 12.1. The summed E-state index contributed by atoms with van der Waals surface area (Å²) in [6.45, 7) is 4.49. The van der Waals surface area contributed by atoms with Gasteiger partial charge in [-0.15, -0.1) is 11.3 Å². The molecule has 112 valence electrons. The number of hydrogen-bond donors (Lipinski definition) is 1. The zero-order valence-corrected chi connectivity index (χ0v) is 13.7. The molecule has 1 aliphatic heterocycles. The van der Waals surface area contributed by atoms with Crippen molar-refractivity contribution in [3.8, 4) is 0 Å². The highest BCUT2D eigenvalue weighted by molar-refractivity contribution is 7.18. The third-order valence-corrected chi connectivity index (χ3v) is 5.73. The van der Waals surface area contributed by atoms with E-state index < -0.39 is 0 Å². The van der Waals surface area contributed by atoms with Gasteiger partial charge >= 0.3 is 0 Å². The monoisotopic (exact) mass is 322 g/mol. The van der Waals surface area contributed by atoms with Crippen LogP contribution in [0.1, 0.15) is 31.1 Å². The molecule has 4 nitrogen and oxygen atoms in total. The second-order valence-corrected chi connectivity index (χ2v) is 7.44. The van der Waals surface area contributed by atoms with E-state index in [9.17, 15) is 0 Å². The molecule has 2 aliphatic rings. The number of rotatable bonds is 4. The predicted molar refractivity (Wildman–Crippen MR) is 88.4 cm³/mol. The lowest BCUT2D eigenvalue weighted by Crippen LogP contribution is -2.28. The first kappa shape index (κ1) is 13.7. The fraction of sp³-hybridized carbons (Fsp3) is 0.600. The number of hydrogen-bond acceptors (Lipinski definition) is 5. The first-order chi connectivity index (χ1) is 10.2. The molecular weight excluding hydrogens is 304 g/mol. The summed E-state index contributed by atoms with van der Waals surface area (Å²) in [5.74, 6) is 0.906. The summed E-state index contributed by atoms with van der Waals surface area (Å²) in [5.41, 5.74) is 0. The molecule has 2 aromatic rings. The lowest BCUT2D eigenvalue weighted by Gasteiger charge is -2.16. The van der Waals surface area contributed by atoms with E-state index in [0.717, 1.165) is 35.0 Å². The van der Waals surface area contributed by atoms with E-state index in [-0.39, 0.29) is 0 Å². The normalized spacial score (nSPS) is 23.0. The molecule has 0 bridgehead atoms. The Hall–Kier alpha value is -0.910. The molecule has 1 unspecified atom stereocenters. The van der Waals surface area contributed by atoms with Crippen molar-refractivity contribution >= 4 is 39.0 Å². The maximum Gasteiger partial charge on any atom is 0.225 e. The molecule has 0 aromatic carbocycles. The van der Waals surface area contributed by atoms with Gasteiger partial charge in [0.15, 0.2) is 0 Å². The Morgan fingerprint density at radius 2 is 2.24 bits per heavy atom. The maximum absolute atomic E-state index is 6.08. The molecule has 4 rings (SSSR count). The number of anilines is 1. The van der Waals surface area contributed by atoms with E-state index in [2.05, 4.69) is 33.2 Å². The van der Waals surface area contributed by atoms with Crippen molar-refractivity contribution < 1.29 is 0 Å². The molecular formula is C15H19ClN4S. The largest absolute Gasteiger partial charge is 0.365 e. The molecule has 6 heteroatoms. The van der Waals surface area contributed by atoms with Gasteiger partial charge in [0.1, 0.15) is 10.6 Å². The first-order valence-electron chi connectivity index (χ1n) is 7.69. The quantitative estimate of drug-likeness (QED) is 0.874. The number of halogens is 1. The highest BCUT2D eigenvalue weighted by atomic mass is 35.5. The van der Waals surface area contributed by atoms with Gasteiger partial charge in [-0.3, -0.25) is 4.90 Å². The summed E-state index contributed by atoms with van der Waals surface area (Å²) in [5, 5.41) is 5.06. The van der Waals surface area contributed by atoms with E-state index in [1.165, 1.54) is 30.7 Å². The summed E-state index contributed by atoms with van der Waals surface area (Å²) in [6.07, 6.45) is 4.96. The number of likely N-dealkylation sites (tertiary alicyclic amines) is 1. The molecule has 2 aromatic heterocycles. The minimum absolute atomic E-state index is 0.339. The second-order valence-electron chi connectivity index (χ2n) is 5.98. The van der Waals surface area contributed by atoms with Crippen LogP contribution in [0.3, 0.4) is 0 Å². The van der Waals surface area contributed by atoms with Gasteiger partial charge in [-0.1, -0.05) is 6.92 Å². The topological polar surface area (TPSA) is 41.0 Å². The summed E-state index contributed by atoms with van der Waals surface area (Å²) >= 11 is 7.80. The minimum atomic E-state index is 0.339. The second kappa shape index (κ2) is 5.38. The van der Waals surface area contributed by atoms with Crippen molar-refractivity contribution in [2.75, 3.05) is 18.4 Å². The number of aryl methyl sites for hydroxylation is 1. The molecule has 1 atom stereocenters. The fourth-order valence-corrected chi connectivity index (χ4v) is 4.29. The molecule has 1 aliphatic carbocycles.